The summed E-state index contributed by atoms with van der Waals surface area (Å²) in [7, 11) is 0. The van der Waals surface area contributed by atoms with Gasteiger partial charge >= 0.3 is 0 Å². The summed E-state index contributed by atoms with van der Waals surface area (Å²) in [6.07, 6.45) is 2.50. The number of hydrogen-bond donors (Lipinski definition) is 1. The van der Waals surface area contributed by atoms with Crippen LogP contribution in [-0.2, 0) is 0 Å². The van der Waals surface area contributed by atoms with Crippen molar-refractivity contribution in [3.05, 3.63) is 33.8 Å². The van der Waals surface area contributed by atoms with Crippen LogP contribution in [0.15, 0.2) is 18.2 Å². The maximum atomic E-state index is 6.11. The molecule has 0 amide bonds. The fourth-order valence-electron chi connectivity index (χ4n) is 1.86. The predicted octanol–water partition coefficient (Wildman–Crippen LogP) is 2.39. The fraction of sp³-hybridized carbons (Fsp3) is 0.400. The Morgan fingerprint density at radius 2 is 2.15 bits per heavy atom. The highest BCUT2D eigenvalue weighted by molar-refractivity contribution is 6.35. The van der Waals surface area contributed by atoms with Crippen LogP contribution >= 0.6 is 23.2 Å². The Labute approximate surface area is 88.0 Å². The Hall–Kier alpha value is -0.240. The van der Waals surface area contributed by atoms with E-state index in [0.29, 0.717) is 11.1 Å². The van der Waals surface area contributed by atoms with Crippen LogP contribution < -0.4 is 5.32 Å². The van der Waals surface area contributed by atoms with Crippen molar-refractivity contribution in [2.75, 3.05) is 6.54 Å². The van der Waals surface area contributed by atoms with Gasteiger partial charge in [0.05, 0.1) is 11.6 Å². The normalized spacial score (nSPS) is 22.2. The van der Waals surface area contributed by atoms with Crippen molar-refractivity contribution in [2.24, 2.45) is 0 Å². The molecule has 0 aromatic heterocycles. The van der Waals surface area contributed by atoms with Crippen LogP contribution in [0.5, 0.6) is 0 Å². The summed E-state index contributed by atoms with van der Waals surface area (Å²) >= 11 is 11.9. The van der Waals surface area contributed by atoms with Gasteiger partial charge in [0.25, 0.3) is 0 Å². The standard InChI is InChI=1S/C10H11Cl2N/c11-7-3-4-8(9(12)6-7)10-2-1-5-13-10/h3-4,6,10,13H,1-2,5H2/p+1/t10-/m1/s1. The number of rotatable bonds is 1. The van der Waals surface area contributed by atoms with Crippen molar-refractivity contribution in [3.8, 4) is 0 Å². The molecule has 1 fully saturated rings. The van der Waals surface area contributed by atoms with Gasteiger partial charge in [-0.3, -0.25) is 0 Å². The summed E-state index contributed by atoms with van der Waals surface area (Å²) in [5.41, 5.74) is 1.23. The average molecular weight is 217 g/mol. The quantitative estimate of drug-likeness (QED) is 0.743. The van der Waals surface area contributed by atoms with E-state index in [2.05, 4.69) is 5.32 Å². The van der Waals surface area contributed by atoms with E-state index in [1.54, 1.807) is 0 Å². The third-order valence-corrected chi connectivity index (χ3v) is 3.09. The van der Waals surface area contributed by atoms with Gasteiger partial charge in [-0.1, -0.05) is 29.3 Å². The summed E-state index contributed by atoms with van der Waals surface area (Å²) in [4.78, 5) is 0. The highest BCUT2D eigenvalue weighted by atomic mass is 35.5. The Balaban J connectivity index is 2.29. The minimum atomic E-state index is 0.546. The smallest absolute Gasteiger partial charge is 0.113 e. The molecule has 3 heteroatoms. The first-order chi connectivity index (χ1) is 6.27. The number of halogens is 2. The third kappa shape index (κ3) is 1.98. The van der Waals surface area contributed by atoms with E-state index in [0.717, 1.165) is 5.02 Å². The SMILES string of the molecule is Clc1ccc([C@H]2CCC[NH2+]2)c(Cl)c1. The molecule has 1 aliphatic heterocycles. The monoisotopic (exact) mass is 216 g/mol. The molecule has 70 valence electrons. The summed E-state index contributed by atoms with van der Waals surface area (Å²) in [5, 5.41) is 3.86. The largest absolute Gasteiger partial charge is 0.340 e. The van der Waals surface area contributed by atoms with E-state index in [1.165, 1.54) is 24.9 Å². The molecule has 1 atom stereocenters. The fourth-order valence-corrected chi connectivity index (χ4v) is 2.41. The predicted molar refractivity (Wildman–Crippen MR) is 55.2 cm³/mol. The van der Waals surface area contributed by atoms with E-state index >= 15 is 0 Å². The van der Waals surface area contributed by atoms with Crippen LogP contribution in [0.25, 0.3) is 0 Å². The molecule has 1 aromatic rings. The summed E-state index contributed by atoms with van der Waals surface area (Å²) < 4.78 is 0. The molecule has 2 rings (SSSR count). The van der Waals surface area contributed by atoms with Crippen molar-refractivity contribution in [3.63, 3.8) is 0 Å². The van der Waals surface area contributed by atoms with Crippen LogP contribution in [0.1, 0.15) is 24.4 Å². The van der Waals surface area contributed by atoms with Gasteiger partial charge in [0, 0.05) is 23.4 Å². The molecule has 0 bridgehead atoms. The molecular formula is C10H12Cl2N+. The minimum Gasteiger partial charge on any atom is -0.340 e. The van der Waals surface area contributed by atoms with Crippen molar-refractivity contribution in [2.45, 2.75) is 18.9 Å². The number of benzene rings is 1. The van der Waals surface area contributed by atoms with Crippen LogP contribution in [0.4, 0.5) is 0 Å². The van der Waals surface area contributed by atoms with Gasteiger partial charge in [-0.05, 0) is 12.1 Å². The van der Waals surface area contributed by atoms with Crippen molar-refractivity contribution < 1.29 is 5.32 Å². The van der Waals surface area contributed by atoms with Crippen LogP contribution in [0, 0.1) is 0 Å². The van der Waals surface area contributed by atoms with Gasteiger partial charge in [0.15, 0.2) is 0 Å². The van der Waals surface area contributed by atoms with E-state index in [-0.39, 0.29) is 0 Å². The van der Waals surface area contributed by atoms with Gasteiger partial charge < -0.3 is 5.32 Å². The van der Waals surface area contributed by atoms with Crippen molar-refractivity contribution in [1.29, 1.82) is 0 Å². The van der Waals surface area contributed by atoms with E-state index in [1.807, 2.05) is 18.2 Å². The van der Waals surface area contributed by atoms with Gasteiger partial charge in [-0.15, -0.1) is 0 Å². The second-order valence-electron chi connectivity index (χ2n) is 3.44. The first-order valence-electron chi connectivity index (χ1n) is 4.55. The molecule has 0 saturated carbocycles. The number of nitrogens with two attached hydrogens (primary N) is 1. The maximum absolute atomic E-state index is 6.11. The van der Waals surface area contributed by atoms with Gasteiger partial charge in [-0.25, -0.2) is 0 Å². The third-order valence-electron chi connectivity index (χ3n) is 2.53. The molecule has 1 aromatic carbocycles. The Bertz CT molecular complexity index is 306. The van der Waals surface area contributed by atoms with E-state index in [4.69, 9.17) is 23.2 Å². The highest BCUT2D eigenvalue weighted by Crippen LogP contribution is 2.27. The Kier molecular flexibility index (Phi) is 2.77. The molecule has 0 spiro atoms. The first-order valence-corrected chi connectivity index (χ1v) is 5.31. The van der Waals surface area contributed by atoms with Crippen molar-refractivity contribution in [1.82, 2.24) is 0 Å². The zero-order valence-corrected chi connectivity index (χ0v) is 8.78. The van der Waals surface area contributed by atoms with E-state index in [9.17, 15) is 0 Å². The second kappa shape index (κ2) is 3.87. The zero-order chi connectivity index (χ0) is 9.26. The number of quaternary nitrogens is 1. The highest BCUT2D eigenvalue weighted by Gasteiger charge is 2.22. The van der Waals surface area contributed by atoms with Crippen LogP contribution in [0.2, 0.25) is 10.0 Å². The molecule has 2 N–H and O–H groups in total. The Morgan fingerprint density at radius 3 is 2.77 bits per heavy atom. The van der Waals surface area contributed by atoms with Gasteiger partial charge in [0.1, 0.15) is 6.04 Å². The summed E-state index contributed by atoms with van der Waals surface area (Å²) in [6, 6.07) is 6.32. The minimum absolute atomic E-state index is 0.546. The molecule has 0 aliphatic carbocycles. The summed E-state index contributed by atoms with van der Waals surface area (Å²) in [5.74, 6) is 0. The first kappa shape index (κ1) is 9.32. The molecule has 1 aliphatic rings. The van der Waals surface area contributed by atoms with E-state index < -0.39 is 0 Å². The molecule has 1 saturated heterocycles. The molecular weight excluding hydrogens is 205 g/mol. The molecule has 1 nitrogen and oxygen atoms in total. The van der Waals surface area contributed by atoms with Crippen LogP contribution in [0.3, 0.4) is 0 Å². The summed E-state index contributed by atoms with van der Waals surface area (Å²) in [6.45, 7) is 1.21. The molecule has 0 unspecified atom stereocenters. The van der Waals surface area contributed by atoms with Crippen molar-refractivity contribution >= 4 is 23.2 Å². The van der Waals surface area contributed by atoms with Gasteiger partial charge in [-0.2, -0.15) is 0 Å². The molecule has 13 heavy (non-hydrogen) atoms. The molecule has 0 radical (unpaired) electrons. The number of hydrogen-bond acceptors (Lipinski definition) is 0. The maximum Gasteiger partial charge on any atom is 0.113 e. The lowest BCUT2D eigenvalue weighted by atomic mass is 10.1. The zero-order valence-electron chi connectivity index (χ0n) is 7.26. The lowest BCUT2D eigenvalue weighted by Gasteiger charge is -2.09. The van der Waals surface area contributed by atoms with Crippen LogP contribution in [-0.4, -0.2) is 6.54 Å². The topological polar surface area (TPSA) is 16.6 Å². The average Bonchev–Trinajstić information content (AvgIpc) is 2.56. The second-order valence-corrected chi connectivity index (χ2v) is 4.28. The van der Waals surface area contributed by atoms with Gasteiger partial charge in [0.2, 0.25) is 0 Å². The lowest BCUT2D eigenvalue weighted by molar-refractivity contribution is -0.676. The lowest BCUT2D eigenvalue weighted by Crippen LogP contribution is -2.81. The Morgan fingerprint density at radius 1 is 1.31 bits per heavy atom. The molecule has 1 heterocycles.